The van der Waals surface area contributed by atoms with Crippen molar-refractivity contribution in [2.75, 3.05) is 13.2 Å². The maximum Gasteiger partial charge on any atom is 0.416 e. The van der Waals surface area contributed by atoms with Gasteiger partial charge in [0.2, 0.25) is 5.79 Å². The summed E-state index contributed by atoms with van der Waals surface area (Å²) < 4.78 is 66.0. The van der Waals surface area contributed by atoms with E-state index in [4.69, 9.17) is 32.7 Å². The molecule has 1 aromatic heterocycles. The lowest BCUT2D eigenvalue weighted by molar-refractivity contribution is -0.309. The molecule has 1 aromatic carbocycles. The lowest BCUT2D eigenvalue weighted by Gasteiger charge is -2.29. The van der Waals surface area contributed by atoms with E-state index in [-0.39, 0.29) is 18.1 Å². The zero-order valence-corrected chi connectivity index (χ0v) is 15.0. The maximum absolute atomic E-state index is 13.0. The number of rotatable bonds is 7. The van der Waals surface area contributed by atoms with Gasteiger partial charge < -0.3 is 14.2 Å². The molecule has 2 unspecified atom stereocenters. The van der Waals surface area contributed by atoms with Gasteiger partial charge in [0.25, 0.3) is 0 Å². The van der Waals surface area contributed by atoms with Crippen molar-refractivity contribution in [3.8, 4) is 0 Å². The van der Waals surface area contributed by atoms with Crippen molar-refractivity contribution in [3.63, 3.8) is 0 Å². The molecule has 1 fully saturated rings. The van der Waals surface area contributed by atoms with Crippen LogP contribution in [0.4, 0.5) is 17.6 Å². The summed E-state index contributed by atoms with van der Waals surface area (Å²) in [6.45, 7) is -0.993. The zero-order chi connectivity index (χ0) is 19.7. The van der Waals surface area contributed by atoms with E-state index in [1.165, 1.54) is 12.4 Å². The Morgan fingerprint density at radius 1 is 1.37 bits per heavy atom. The molecule has 0 saturated carbocycles. The predicted molar refractivity (Wildman–Crippen MR) is 86.0 cm³/mol. The molecule has 1 N–H and O–H groups in total. The highest BCUT2D eigenvalue weighted by atomic mass is 35.5. The molecular formula is C15H13Cl2F4N3O3. The SMILES string of the molecule is FC(F)C(F)(F)OCC1COC(Cc2ncn[nH]2)(c2ccc(Cl)cc2Cl)O1. The highest BCUT2D eigenvalue weighted by Gasteiger charge is 2.48. The Morgan fingerprint density at radius 3 is 2.78 bits per heavy atom. The number of hydrogen-bond donors (Lipinski definition) is 1. The van der Waals surface area contributed by atoms with Crippen molar-refractivity contribution < 1.29 is 31.8 Å². The smallest absolute Gasteiger partial charge is 0.343 e. The van der Waals surface area contributed by atoms with Crippen molar-refractivity contribution in [1.82, 2.24) is 15.2 Å². The number of nitrogens with zero attached hydrogens (tertiary/aromatic N) is 2. The van der Waals surface area contributed by atoms with Crippen molar-refractivity contribution in [2.45, 2.75) is 30.8 Å². The fraction of sp³-hybridized carbons (Fsp3) is 0.467. The number of H-pyrrole nitrogens is 1. The molecule has 2 atom stereocenters. The van der Waals surface area contributed by atoms with Crippen LogP contribution in [0, 0.1) is 0 Å². The Balaban J connectivity index is 1.82. The van der Waals surface area contributed by atoms with Gasteiger partial charge in [0.15, 0.2) is 0 Å². The number of alkyl halides is 4. The highest BCUT2D eigenvalue weighted by Crippen LogP contribution is 2.41. The summed E-state index contributed by atoms with van der Waals surface area (Å²) in [4.78, 5) is 3.98. The number of aromatic nitrogens is 3. The van der Waals surface area contributed by atoms with E-state index < -0.39 is 31.0 Å². The second-order valence-electron chi connectivity index (χ2n) is 5.71. The molecule has 0 amide bonds. The van der Waals surface area contributed by atoms with Gasteiger partial charge in [-0.3, -0.25) is 5.10 Å². The molecule has 6 nitrogen and oxygen atoms in total. The van der Waals surface area contributed by atoms with E-state index in [0.29, 0.717) is 16.4 Å². The fourth-order valence-electron chi connectivity index (χ4n) is 2.58. The van der Waals surface area contributed by atoms with Gasteiger partial charge >= 0.3 is 12.5 Å². The van der Waals surface area contributed by atoms with Gasteiger partial charge in [-0.1, -0.05) is 29.3 Å². The molecule has 148 valence electrons. The average Bonchev–Trinajstić information content (AvgIpc) is 3.24. The number of aromatic amines is 1. The molecule has 0 aliphatic carbocycles. The fourth-order valence-corrected chi connectivity index (χ4v) is 3.13. The zero-order valence-electron chi connectivity index (χ0n) is 13.5. The lowest BCUT2D eigenvalue weighted by atomic mass is 10.0. The molecule has 0 bridgehead atoms. The second-order valence-corrected chi connectivity index (χ2v) is 6.55. The summed E-state index contributed by atoms with van der Waals surface area (Å²) in [5.74, 6) is -1.13. The Hall–Kier alpha value is -1.46. The van der Waals surface area contributed by atoms with E-state index in [9.17, 15) is 17.6 Å². The van der Waals surface area contributed by atoms with Crippen LogP contribution in [0.3, 0.4) is 0 Å². The van der Waals surface area contributed by atoms with Crippen molar-refractivity contribution in [1.29, 1.82) is 0 Å². The van der Waals surface area contributed by atoms with Crippen LogP contribution in [0.5, 0.6) is 0 Å². The highest BCUT2D eigenvalue weighted by molar-refractivity contribution is 6.35. The van der Waals surface area contributed by atoms with Gasteiger partial charge in [0, 0.05) is 10.6 Å². The van der Waals surface area contributed by atoms with Crippen LogP contribution in [-0.2, 0) is 26.4 Å². The monoisotopic (exact) mass is 429 g/mol. The predicted octanol–water partition coefficient (Wildman–Crippen LogP) is 3.80. The summed E-state index contributed by atoms with van der Waals surface area (Å²) in [5.41, 5.74) is 0.369. The van der Waals surface area contributed by atoms with Gasteiger partial charge in [0.05, 0.1) is 24.7 Å². The molecule has 3 rings (SSSR count). The third-order valence-corrected chi connectivity index (χ3v) is 4.33. The third-order valence-electron chi connectivity index (χ3n) is 3.78. The maximum atomic E-state index is 13.0. The molecule has 1 aliphatic rings. The molecule has 2 heterocycles. The minimum atomic E-state index is -4.59. The van der Waals surface area contributed by atoms with Crippen molar-refractivity contribution in [3.05, 3.63) is 46.0 Å². The van der Waals surface area contributed by atoms with Gasteiger partial charge in [-0.2, -0.15) is 13.9 Å². The van der Waals surface area contributed by atoms with Gasteiger partial charge in [0.1, 0.15) is 18.3 Å². The van der Waals surface area contributed by atoms with E-state index in [1.807, 2.05) is 0 Å². The van der Waals surface area contributed by atoms with Crippen LogP contribution in [0.2, 0.25) is 10.0 Å². The molecule has 0 radical (unpaired) electrons. The summed E-state index contributed by atoms with van der Waals surface area (Å²) >= 11 is 12.1. The van der Waals surface area contributed by atoms with Crippen molar-refractivity contribution in [2.24, 2.45) is 0 Å². The lowest BCUT2D eigenvalue weighted by Crippen LogP contribution is -2.36. The Labute approximate surface area is 160 Å². The number of halogens is 6. The summed E-state index contributed by atoms with van der Waals surface area (Å²) in [6, 6.07) is 4.56. The number of nitrogens with one attached hydrogen (secondary N) is 1. The van der Waals surface area contributed by atoms with E-state index in [1.54, 1.807) is 12.1 Å². The minimum Gasteiger partial charge on any atom is -0.343 e. The average molecular weight is 430 g/mol. The molecule has 0 spiro atoms. The van der Waals surface area contributed by atoms with E-state index >= 15 is 0 Å². The topological polar surface area (TPSA) is 69.3 Å². The molecule has 27 heavy (non-hydrogen) atoms. The molecular weight excluding hydrogens is 417 g/mol. The van der Waals surface area contributed by atoms with Gasteiger partial charge in [-0.05, 0) is 12.1 Å². The van der Waals surface area contributed by atoms with Crippen LogP contribution >= 0.6 is 23.2 Å². The standard InChI is InChI=1S/C15H13Cl2F4N3O3/c16-8-1-2-10(11(17)3-8)14(4-12-22-7-23-24-12)25-5-9(27-14)6-26-15(20,21)13(18)19/h1-3,7,9,13H,4-6H2,(H,22,23,24). The van der Waals surface area contributed by atoms with Crippen LogP contribution in [0.25, 0.3) is 0 Å². The number of hydrogen-bond acceptors (Lipinski definition) is 5. The first-order valence-corrected chi connectivity index (χ1v) is 8.39. The first-order chi connectivity index (χ1) is 12.7. The van der Waals surface area contributed by atoms with Crippen LogP contribution in [0.15, 0.2) is 24.5 Å². The first-order valence-electron chi connectivity index (χ1n) is 7.63. The van der Waals surface area contributed by atoms with E-state index in [2.05, 4.69) is 19.9 Å². The van der Waals surface area contributed by atoms with Gasteiger partial charge in [-0.25, -0.2) is 13.8 Å². The molecule has 1 aliphatic heterocycles. The second kappa shape index (κ2) is 7.88. The normalized spacial score (nSPS) is 23.3. The molecule has 1 saturated heterocycles. The Kier molecular flexibility index (Phi) is 5.92. The molecule has 12 heteroatoms. The van der Waals surface area contributed by atoms with E-state index in [0.717, 1.165) is 0 Å². The van der Waals surface area contributed by atoms with Crippen LogP contribution < -0.4 is 0 Å². The largest absolute Gasteiger partial charge is 0.416 e. The summed E-state index contributed by atoms with van der Waals surface area (Å²) in [5, 5.41) is 6.94. The third kappa shape index (κ3) is 4.52. The number of benzene rings is 1. The Bertz CT molecular complexity index is 782. The summed E-state index contributed by atoms with van der Waals surface area (Å²) in [7, 11) is 0. The van der Waals surface area contributed by atoms with Crippen LogP contribution in [-0.4, -0.2) is 47.0 Å². The summed E-state index contributed by atoms with van der Waals surface area (Å²) in [6.07, 6.45) is -8.30. The molecule has 2 aromatic rings. The minimum absolute atomic E-state index is 0.0100. The first kappa shape index (κ1) is 20.3. The number of ether oxygens (including phenoxy) is 3. The van der Waals surface area contributed by atoms with Crippen molar-refractivity contribution >= 4 is 23.2 Å². The quantitative estimate of drug-likeness (QED) is 0.677. The van der Waals surface area contributed by atoms with Crippen LogP contribution in [0.1, 0.15) is 11.4 Å². The van der Waals surface area contributed by atoms with Gasteiger partial charge in [-0.15, -0.1) is 0 Å². The Morgan fingerprint density at radius 2 is 2.15 bits per heavy atom.